The molecule has 4 heterocycles. The van der Waals surface area contributed by atoms with Crippen LogP contribution in [0.1, 0.15) is 38.3 Å². The van der Waals surface area contributed by atoms with Gasteiger partial charge in [-0.2, -0.15) is 5.10 Å². The van der Waals surface area contributed by atoms with E-state index in [0.717, 1.165) is 68.6 Å². The first-order chi connectivity index (χ1) is 11.8. The first-order valence-corrected chi connectivity index (χ1v) is 9.07. The van der Waals surface area contributed by atoms with E-state index in [2.05, 4.69) is 22.0 Å². The predicted molar refractivity (Wildman–Crippen MR) is 93.6 cm³/mol. The van der Waals surface area contributed by atoms with Crippen molar-refractivity contribution in [2.24, 2.45) is 0 Å². The van der Waals surface area contributed by atoms with Crippen molar-refractivity contribution in [2.45, 2.75) is 44.4 Å². The maximum Gasteiger partial charge on any atom is 0.150 e. The average molecular weight is 351 g/mol. The molecule has 2 aromatic rings. The number of halogens is 1. The van der Waals surface area contributed by atoms with Crippen LogP contribution in [0.5, 0.6) is 0 Å². The largest absolute Gasteiger partial charge is 0.381 e. The molecule has 2 saturated heterocycles. The van der Waals surface area contributed by atoms with Crippen LogP contribution in [0, 0.1) is 0 Å². The Bertz CT molecular complexity index is 708. The average Bonchev–Trinajstić information content (AvgIpc) is 3.08. The fraction of sp³-hybridized carbons (Fsp3) is 0.647. The normalized spacial score (nSPS) is 22.8. The molecule has 7 heteroatoms. The molecule has 0 radical (unpaired) electrons. The summed E-state index contributed by atoms with van der Waals surface area (Å²) in [7, 11) is 2.06. The van der Waals surface area contributed by atoms with E-state index in [1.165, 1.54) is 0 Å². The van der Waals surface area contributed by atoms with Crippen LogP contribution in [0.4, 0.5) is 5.82 Å². The van der Waals surface area contributed by atoms with Gasteiger partial charge in [0.15, 0.2) is 6.23 Å². The molecule has 0 spiro atoms. The topological polar surface area (TPSA) is 52.4 Å². The van der Waals surface area contributed by atoms with E-state index >= 15 is 0 Å². The van der Waals surface area contributed by atoms with Crippen molar-refractivity contribution in [1.29, 1.82) is 0 Å². The molecule has 0 bridgehead atoms. The van der Waals surface area contributed by atoms with Crippen LogP contribution >= 0.6 is 11.6 Å². The standard InChI is InChI=1S/C17H23ClN4O2/c1-21(13-5-8-23-9-6-13)17-15(18)16-12(10-19-17)11-20-22(16)14-4-2-3-7-24-14/h10-11,13-14H,2-9H2,1H3. The summed E-state index contributed by atoms with van der Waals surface area (Å²) in [6.07, 6.45) is 8.89. The van der Waals surface area contributed by atoms with Crippen molar-refractivity contribution >= 4 is 28.3 Å². The summed E-state index contributed by atoms with van der Waals surface area (Å²) in [6.45, 7) is 2.37. The van der Waals surface area contributed by atoms with Gasteiger partial charge < -0.3 is 14.4 Å². The van der Waals surface area contributed by atoms with Gasteiger partial charge in [-0.1, -0.05) is 11.6 Å². The lowest BCUT2D eigenvalue weighted by atomic mass is 10.1. The monoisotopic (exact) mass is 350 g/mol. The van der Waals surface area contributed by atoms with E-state index in [4.69, 9.17) is 21.1 Å². The van der Waals surface area contributed by atoms with Gasteiger partial charge in [-0.3, -0.25) is 0 Å². The van der Waals surface area contributed by atoms with Crippen molar-refractivity contribution in [3.8, 4) is 0 Å². The van der Waals surface area contributed by atoms with Gasteiger partial charge >= 0.3 is 0 Å². The maximum atomic E-state index is 6.77. The molecule has 6 nitrogen and oxygen atoms in total. The summed E-state index contributed by atoms with van der Waals surface area (Å²) in [6, 6.07) is 0.406. The molecule has 2 aliphatic heterocycles. The van der Waals surface area contributed by atoms with Crippen molar-refractivity contribution in [1.82, 2.24) is 14.8 Å². The van der Waals surface area contributed by atoms with E-state index in [0.29, 0.717) is 11.1 Å². The third-order valence-electron chi connectivity index (χ3n) is 5.05. The van der Waals surface area contributed by atoms with E-state index in [-0.39, 0.29) is 6.23 Å². The Kier molecular flexibility index (Phi) is 4.61. The molecule has 24 heavy (non-hydrogen) atoms. The summed E-state index contributed by atoms with van der Waals surface area (Å²) in [5.41, 5.74) is 0.924. The summed E-state index contributed by atoms with van der Waals surface area (Å²) in [5.74, 6) is 0.814. The van der Waals surface area contributed by atoms with Gasteiger partial charge in [0.25, 0.3) is 0 Å². The number of anilines is 1. The molecule has 2 aromatic heterocycles. The molecule has 130 valence electrons. The zero-order valence-electron chi connectivity index (χ0n) is 13.9. The quantitative estimate of drug-likeness (QED) is 0.849. The van der Waals surface area contributed by atoms with Gasteiger partial charge in [0.2, 0.25) is 0 Å². The summed E-state index contributed by atoms with van der Waals surface area (Å²) in [5, 5.41) is 6.14. The van der Waals surface area contributed by atoms with Gasteiger partial charge in [-0.25, -0.2) is 9.67 Å². The van der Waals surface area contributed by atoms with Crippen LogP contribution in [0.25, 0.3) is 10.9 Å². The molecule has 0 amide bonds. The number of hydrogen-bond acceptors (Lipinski definition) is 5. The van der Waals surface area contributed by atoms with Crippen LogP contribution < -0.4 is 4.90 Å². The van der Waals surface area contributed by atoms with Gasteiger partial charge in [-0.05, 0) is 32.1 Å². The lowest BCUT2D eigenvalue weighted by Gasteiger charge is -2.32. The van der Waals surface area contributed by atoms with Crippen molar-refractivity contribution < 1.29 is 9.47 Å². The molecule has 1 unspecified atom stereocenters. The number of pyridine rings is 1. The number of nitrogens with zero attached hydrogens (tertiary/aromatic N) is 4. The fourth-order valence-electron chi connectivity index (χ4n) is 3.62. The lowest BCUT2D eigenvalue weighted by molar-refractivity contribution is -0.0366. The van der Waals surface area contributed by atoms with Gasteiger partial charge in [0.05, 0.1) is 11.7 Å². The molecular weight excluding hydrogens is 328 g/mol. The van der Waals surface area contributed by atoms with Crippen LogP contribution in [-0.4, -0.2) is 47.7 Å². The van der Waals surface area contributed by atoms with E-state index < -0.39 is 0 Å². The Morgan fingerprint density at radius 2 is 2.00 bits per heavy atom. The third kappa shape index (κ3) is 2.87. The molecule has 0 N–H and O–H groups in total. The molecule has 2 fully saturated rings. The first kappa shape index (κ1) is 16.1. The molecule has 2 aliphatic rings. The van der Waals surface area contributed by atoms with Crippen LogP contribution in [0.15, 0.2) is 12.4 Å². The minimum absolute atomic E-state index is 0.0302. The smallest absolute Gasteiger partial charge is 0.150 e. The van der Waals surface area contributed by atoms with Crippen molar-refractivity contribution in [3.63, 3.8) is 0 Å². The van der Waals surface area contributed by atoms with Gasteiger partial charge in [0.1, 0.15) is 10.8 Å². The molecular formula is C17H23ClN4O2. The summed E-state index contributed by atoms with van der Waals surface area (Å²) in [4.78, 5) is 6.78. The highest BCUT2D eigenvalue weighted by Gasteiger charge is 2.25. The lowest BCUT2D eigenvalue weighted by Crippen LogP contribution is -2.37. The number of fused-ring (bicyclic) bond motifs is 1. The highest BCUT2D eigenvalue weighted by molar-refractivity contribution is 6.37. The molecule has 0 aliphatic carbocycles. The Morgan fingerprint density at radius 1 is 1.17 bits per heavy atom. The second kappa shape index (κ2) is 6.86. The van der Waals surface area contributed by atoms with Crippen LogP contribution in [0.3, 0.4) is 0 Å². The second-order valence-corrected chi connectivity index (χ2v) is 6.94. The van der Waals surface area contributed by atoms with Gasteiger partial charge in [-0.15, -0.1) is 0 Å². The van der Waals surface area contributed by atoms with E-state index in [1.54, 1.807) is 0 Å². The number of aromatic nitrogens is 3. The first-order valence-electron chi connectivity index (χ1n) is 8.69. The highest BCUT2D eigenvalue weighted by Crippen LogP contribution is 2.35. The number of hydrogen-bond donors (Lipinski definition) is 0. The number of ether oxygens (including phenoxy) is 2. The fourth-order valence-corrected chi connectivity index (χ4v) is 3.99. The highest BCUT2D eigenvalue weighted by atomic mass is 35.5. The molecule has 0 aromatic carbocycles. The Hall–Kier alpha value is -1.37. The SMILES string of the molecule is CN(c1ncc2cnn(C3CCCCO3)c2c1Cl)C1CCOCC1. The predicted octanol–water partition coefficient (Wildman–Crippen LogP) is 3.40. The zero-order valence-corrected chi connectivity index (χ0v) is 14.7. The van der Waals surface area contributed by atoms with Gasteiger partial charge in [0, 0.05) is 44.5 Å². The van der Waals surface area contributed by atoms with Crippen molar-refractivity contribution in [2.75, 3.05) is 31.8 Å². The summed E-state index contributed by atoms with van der Waals surface area (Å²) >= 11 is 6.77. The molecule has 0 saturated carbocycles. The zero-order chi connectivity index (χ0) is 16.5. The Balaban J connectivity index is 1.70. The molecule has 4 rings (SSSR count). The third-order valence-corrected chi connectivity index (χ3v) is 5.40. The summed E-state index contributed by atoms with van der Waals surface area (Å²) < 4.78 is 13.3. The van der Waals surface area contributed by atoms with Crippen molar-refractivity contribution in [3.05, 3.63) is 17.4 Å². The minimum atomic E-state index is -0.0302. The van der Waals surface area contributed by atoms with E-state index in [9.17, 15) is 0 Å². The van der Waals surface area contributed by atoms with Crippen LogP contribution in [0.2, 0.25) is 5.02 Å². The number of rotatable bonds is 3. The Labute approximate surface area is 146 Å². The maximum absolute atomic E-state index is 6.77. The minimum Gasteiger partial charge on any atom is -0.381 e. The Morgan fingerprint density at radius 3 is 2.75 bits per heavy atom. The van der Waals surface area contributed by atoms with Crippen LogP contribution in [-0.2, 0) is 9.47 Å². The van der Waals surface area contributed by atoms with E-state index in [1.807, 2.05) is 17.1 Å². The second-order valence-electron chi connectivity index (χ2n) is 6.56. The molecule has 1 atom stereocenters.